The summed E-state index contributed by atoms with van der Waals surface area (Å²) in [5.41, 5.74) is 2.45. The minimum atomic E-state index is -0.445. The fraction of sp³-hybridized carbons (Fsp3) is 0.235. The maximum Gasteiger partial charge on any atom is 0.229 e. The number of nitrogens with one attached hydrogen (secondary N) is 1. The van der Waals surface area contributed by atoms with E-state index in [2.05, 4.69) is 15.3 Å². The Morgan fingerprint density at radius 3 is 2.73 bits per heavy atom. The van der Waals surface area contributed by atoms with Crippen LogP contribution < -0.4 is 5.32 Å². The Bertz CT molecular complexity index is 817. The van der Waals surface area contributed by atoms with Crippen LogP contribution in [0.3, 0.4) is 0 Å². The number of carbonyl (C=O) groups is 1. The number of amides is 1. The highest BCUT2D eigenvalue weighted by Gasteiger charge is 2.21. The number of rotatable bonds is 2. The maximum absolute atomic E-state index is 12.0. The molecule has 0 spiro atoms. The fourth-order valence-electron chi connectivity index (χ4n) is 1.94. The van der Waals surface area contributed by atoms with Gasteiger partial charge in [0.2, 0.25) is 11.8 Å². The van der Waals surface area contributed by atoms with Gasteiger partial charge in [-0.25, -0.2) is 4.98 Å². The molecule has 5 heteroatoms. The Kier molecular flexibility index (Phi) is 3.41. The molecule has 2 heterocycles. The topological polar surface area (TPSA) is 68.0 Å². The van der Waals surface area contributed by atoms with Gasteiger partial charge in [-0.1, -0.05) is 20.8 Å². The summed E-state index contributed by atoms with van der Waals surface area (Å²) in [6.45, 7) is 5.62. The third-order valence-electron chi connectivity index (χ3n) is 3.24. The molecule has 22 heavy (non-hydrogen) atoms. The van der Waals surface area contributed by atoms with Gasteiger partial charge in [0.25, 0.3) is 0 Å². The molecule has 0 saturated heterocycles. The minimum absolute atomic E-state index is 0.0390. The first-order chi connectivity index (χ1) is 10.4. The van der Waals surface area contributed by atoms with E-state index in [1.54, 1.807) is 18.5 Å². The number of benzene rings is 1. The van der Waals surface area contributed by atoms with E-state index in [0.717, 1.165) is 5.56 Å². The number of hydrogen-bond acceptors (Lipinski definition) is 4. The lowest BCUT2D eigenvalue weighted by atomic mass is 9.95. The van der Waals surface area contributed by atoms with Crippen LogP contribution in [0.25, 0.3) is 22.6 Å². The van der Waals surface area contributed by atoms with Gasteiger partial charge < -0.3 is 9.73 Å². The number of fused-ring (bicyclic) bond motifs is 1. The highest BCUT2D eigenvalue weighted by molar-refractivity contribution is 5.96. The van der Waals surface area contributed by atoms with Gasteiger partial charge in [0.05, 0.1) is 5.56 Å². The second kappa shape index (κ2) is 5.26. The Hall–Kier alpha value is -2.69. The van der Waals surface area contributed by atoms with Gasteiger partial charge >= 0.3 is 0 Å². The lowest BCUT2D eigenvalue weighted by Crippen LogP contribution is -2.27. The van der Waals surface area contributed by atoms with E-state index < -0.39 is 5.41 Å². The molecular weight excluding hydrogens is 278 g/mol. The maximum atomic E-state index is 12.0. The summed E-state index contributed by atoms with van der Waals surface area (Å²) in [7, 11) is 0. The second-order valence-electron chi connectivity index (χ2n) is 6.15. The van der Waals surface area contributed by atoms with Crippen LogP contribution in [-0.4, -0.2) is 15.9 Å². The van der Waals surface area contributed by atoms with Crippen molar-refractivity contribution in [1.82, 2.24) is 9.97 Å². The number of carbonyl (C=O) groups excluding carboxylic acids is 1. The zero-order chi connectivity index (χ0) is 15.7. The minimum Gasteiger partial charge on any atom is -0.436 e. The molecule has 0 bridgehead atoms. The zero-order valence-corrected chi connectivity index (χ0v) is 12.8. The molecule has 2 aromatic heterocycles. The van der Waals surface area contributed by atoms with Crippen LogP contribution in [0.1, 0.15) is 20.8 Å². The number of hydrogen-bond donors (Lipinski definition) is 1. The van der Waals surface area contributed by atoms with Crippen molar-refractivity contribution in [1.29, 1.82) is 0 Å². The zero-order valence-electron chi connectivity index (χ0n) is 12.8. The SMILES string of the molecule is CC(C)(C)C(=O)Nc1ccc2oc(-c3cccnc3)nc2c1. The molecule has 0 aliphatic carbocycles. The first-order valence-electron chi connectivity index (χ1n) is 7.06. The largest absolute Gasteiger partial charge is 0.436 e. The standard InChI is InChI=1S/C17H17N3O2/c1-17(2,3)16(21)19-12-6-7-14-13(9-12)20-15(22-14)11-5-4-8-18-10-11/h4-10H,1-3H3,(H,19,21). The molecule has 3 rings (SSSR count). The van der Waals surface area contributed by atoms with Gasteiger partial charge in [0.1, 0.15) is 5.52 Å². The van der Waals surface area contributed by atoms with E-state index in [0.29, 0.717) is 22.7 Å². The number of oxazole rings is 1. The summed E-state index contributed by atoms with van der Waals surface area (Å²) in [6, 6.07) is 9.15. The van der Waals surface area contributed by atoms with Crippen molar-refractivity contribution < 1.29 is 9.21 Å². The molecule has 3 aromatic rings. The smallest absolute Gasteiger partial charge is 0.229 e. The van der Waals surface area contributed by atoms with Crippen LogP contribution in [0.15, 0.2) is 47.1 Å². The fourth-order valence-corrected chi connectivity index (χ4v) is 1.94. The molecule has 0 radical (unpaired) electrons. The normalized spacial score (nSPS) is 11.6. The van der Waals surface area contributed by atoms with Crippen LogP contribution in [-0.2, 0) is 4.79 Å². The summed E-state index contributed by atoms with van der Waals surface area (Å²) in [6.07, 6.45) is 3.40. The monoisotopic (exact) mass is 295 g/mol. The van der Waals surface area contributed by atoms with E-state index in [1.807, 2.05) is 45.0 Å². The van der Waals surface area contributed by atoms with Crippen LogP contribution in [0.5, 0.6) is 0 Å². The summed E-state index contributed by atoms with van der Waals surface area (Å²) in [5, 5.41) is 2.89. The van der Waals surface area contributed by atoms with Crippen molar-refractivity contribution in [3.05, 3.63) is 42.7 Å². The number of pyridine rings is 1. The number of aromatic nitrogens is 2. The van der Waals surface area contributed by atoms with Gasteiger partial charge in [-0.05, 0) is 30.3 Å². The molecule has 0 saturated carbocycles. The highest BCUT2D eigenvalue weighted by atomic mass is 16.3. The third-order valence-corrected chi connectivity index (χ3v) is 3.24. The molecular formula is C17H17N3O2. The van der Waals surface area contributed by atoms with Crippen molar-refractivity contribution in [3.8, 4) is 11.5 Å². The Labute approximate surface area is 128 Å². The summed E-state index contributed by atoms with van der Waals surface area (Å²) in [5.74, 6) is 0.477. The lowest BCUT2D eigenvalue weighted by Gasteiger charge is -2.17. The molecule has 0 aliphatic rings. The van der Waals surface area contributed by atoms with E-state index in [1.165, 1.54) is 0 Å². The summed E-state index contributed by atoms with van der Waals surface area (Å²) >= 11 is 0. The van der Waals surface area contributed by atoms with E-state index in [4.69, 9.17) is 4.42 Å². The van der Waals surface area contributed by atoms with E-state index in [9.17, 15) is 4.79 Å². The number of nitrogens with zero attached hydrogens (tertiary/aromatic N) is 2. The van der Waals surface area contributed by atoms with Crippen molar-refractivity contribution in [3.63, 3.8) is 0 Å². The molecule has 1 amide bonds. The quantitative estimate of drug-likeness (QED) is 0.779. The first-order valence-corrected chi connectivity index (χ1v) is 7.06. The molecule has 1 N–H and O–H groups in total. The summed E-state index contributed by atoms with van der Waals surface area (Å²) in [4.78, 5) is 20.5. The molecule has 1 aromatic carbocycles. The molecule has 0 atom stereocenters. The Balaban J connectivity index is 1.92. The highest BCUT2D eigenvalue weighted by Crippen LogP contribution is 2.26. The van der Waals surface area contributed by atoms with Gasteiger partial charge in [0, 0.05) is 23.5 Å². The average Bonchev–Trinajstić information content (AvgIpc) is 2.90. The third kappa shape index (κ3) is 2.83. The number of anilines is 1. The van der Waals surface area contributed by atoms with E-state index >= 15 is 0 Å². The van der Waals surface area contributed by atoms with Crippen molar-refractivity contribution in [2.45, 2.75) is 20.8 Å². The van der Waals surface area contributed by atoms with Crippen LogP contribution in [0, 0.1) is 5.41 Å². The van der Waals surface area contributed by atoms with E-state index in [-0.39, 0.29) is 5.91 Å². The van der Waals surface area contributed by atoms with Crippen LogP contribution in [0.4, 0.5) is 5.69 Å². The van der Waals surface area contributed by atoms with Gasteiger partial charge in [-0.15, -0.1) is 0 Å². The van der Waals surface area contributed by atoms with Crippen molar-refractivity contribution >= 4 is 22.7 Å². The van der Waals surface area contributed by atoms with Gasteiger partial charge in [-0.3, -0.25) is 9.78 Å². The molecule has 0 unspecified atom stereocenters. The molecule has 112 valence electrons. The Morgan fingerprint density at radius 2 is 2.05 bits per heavy atom. The predicted octanol–water partition coefficient (Wildman–Crippen LogP) is 3.87. The molecule has 0 fully saturated rings. The molecule has 0 aliphatic heterocycles. The second-order valence-corrected chi connectivity index (χ2v) is 6.15. The molecule has 5 nitrogen and oxygen atoms in total. The van der Waals surface area contributed by atoms with Gasteiger partial charge in [-0.2, -0.15) is 0 Å². The van der Waals surface area contributed by atoms with Crippen LogP contribution in [0.2, 0.25) is 0 Å². The lowest BCUT2D eigenvalue weighted by molar-refractivity contribution is -0.123. The van der Waals surface area contributed by atoms with Gasteiger partial charge in [0.15, 0.2) is 5.58 Å². The van der Waals surface area contributed by atoms with Crippen molar-refractivity contribution in [2.24, 2.45) is 5.41 Å². The average molecular weight is 295 g/mol. The first kappa shape index (κ1) is 14.3. The van der Waals surface area contributed by atoms with Crippen LogP contribution >= 0.6 is 0 Å². The van der Waals surface area contributed by atoms with Crippen molar-refractivity contribution in [2.75, 3.05) is 5.32 Å². The predicted molar refractivity (Wildman–Crippen MR) is 85.3 cm³/mol. The Morgan fingerprint density at radius 1 is 1.23 bits per heavy atom. The summed E-state index contributed by atoms with van der Waals surface area (Å²) < 4.78 is 5.72.